The minimum atomic E-state index is 0.0758. The summed E-state index contributed by atoms with van der Waals surface area (Å²) in [4.78, 5) is 17.7. The molecular formula is C17H22N2OS. The van der Waals surface area contributed by atoms with E-state index in [0.29, 0.717) is 6.42 Å². The average Bonchev–Trinajstić information content (AvgIpc) is 2.80. The fourth-order valence-corrected chi connectivity index (χ4v) is 3.12. The lowest BCUT2D eigenvalue weighted by Gasteiger charge is -2.10. The zero-order valence-electron chi connectivity index (χ0n) is 13.1. The molecule has 2 rings (SSSR count). The number of aromatic nitrogens is 1. The predicted molar refractivity (Wildman–Crippen MR) is 88.6 cm³/mol. The number of thiazole rings is 1. The van der Waals surface area contributed by atoms with E-state index in [-0.39, 0.29) is 11.9 Å². The van der Waals surface area contributed by atoms with E-state index in [1.54, 1.807) is 11.3 Å². The molecule has 0 radical (unpaired) electrons. The quantitative estimate of drug-likeness (QED) is 0.910. The number of carbonyl (C=O) groups excluding carboxylic acids is 1. The summed E-state index contributed by atoms with van der Waals surface area (Å²) in [5, 5.41) is 3.99. The normalized spacial score (nSPS) is 12.2. The molecule has 0 aliphatic heterocycles. The summed E-state index contributed by atoms with van der Waals surface area (Å²) in [7, 11) is 0. The first-order chi connectivity index (χ1) is 9.99. The smallest absolute Gasteiger partial charge is 0.225 e. The van der Waals surface area contributed by atoms with Crippen LogP contribution in [0.15, 0.2) is 24.3 Å². The molecule has 1 heterocycles. The highest BCUT2D eigenvalue weighted by atomic mass is 32.1. The second kappa shape index (κ2) is 6.85. The van der Waals surface area contributed by atoms with Gasteiger partial charge in [0.05, 0.1) is 12.1 Å². The number of hydrogen-bond acceptors (Lipinski definition) is 3. The largest absolute Gasteiger partial charge is 0.353 e. The Morgan fingerprint density at radius 3 is 2.81 bits per heavy atom. The van der Waals surface area contributed by atoms with Gasteiger partial charge in [-0.15, -0.1) is 11.3 Å². The van der Waals surface area contributed by atoms with Crippen LogP contribution in [0.2, 0.25) is 0 Å². The molecule has 3 nitrogen and oxygen atoms in total. The topological polar surface area (TPSA) is 42.0 Å². The van der Waals surface area contributed by atoms with Crippen molar-refractivity contribution in [2.45, 2.75) is 46.6 Å². The van der Waals surface area contributed by atoms with E-state index in [4.69, 9.17) is 0 Å². The van der Waals surface area contributed by atoms with Crippen molar-refractivity contribution in [3.8, 4) is 10.6 Å². The molecule has 0 saturated carbocycles. The standard InChI is InChI=1S/C17H22N2OS/c1-5-12(3)18-16(20)10-15-13(4)19-17(21-15)14-8-6-7-11(2)9-14/h6-9,12H,5,10H2,1-4H3,(H,18,20). The van der Waals surface area contributed by atoms with Gasteiger partial charge in [0.25, 0.3) is 0 Å². The van der Waals surface area contributed by atoms with Gasteiger partial charge >= 0.3 is 0 Å². The van der Waals surface area contributed by atoms with Gasteiger partial charge in [0.15, 0.2) is 0 Å². The van der Waals surface area contributed by atoms with Crippen LogP contribution in [0, 0.1) is 13.8 Å². The fraction of sp³-hybridized carbons (Fsp3) is 0.412. The third-order valence-corrected chi connectivity index (χ3v) is 4.71. The van der Waals surface area contributed by atoms with Gasteiger partial charge in [-0.3, -0.25) is 4.79 Å². The third kappa shape index (κ3) is 4.14. The number of nitrogens with zero attached hydrogens (tertiary/aromatic N) is 1. The molecule has 4 heteroatoms. The van der Waals surface area contributed by atoms with Gasteiger partial charge in [-0.25, -0.2) is 4.98 Å². The van der Waals surface area contributed by atoms with Crippen LogP contribution in [0.1, 0.15) is 36.4 Å². The molecular weight excluding hydrogens is 280 g/mol. The highest BCUT2D eigenvalue weighted by Crippen LogP contribution is 2.28. The van der Waals surface area contributed by atoms with Crippen LogP contribution in [0.25, 0.3) is 10.6 Å². The first kappa shape index (κ1) is 15.7. The summed E-state index contributed by atoms with van der Waals surface area (Å²) in [6.07, 6.45) is 1.36. The predicted octanol–water partition coefficient (Wildman–Crippen LogP) is 3.88. The summed E-state index contributed by atoms with van der Waals surface area (Å²) >= 11 is 1.61. The molecule has 0 aliphatic rings. The minimum absolute atomic E-state index is 0.0758. The number of benzene rings is 1. The summed E-state index contributed by atoms with van der Waals surface area (Å²) in [5.41, 5.74) is 3.30. The number of aryl methyl sites for hydroxylation is 2. The van der Waals surface area contributed by atoms with Crippen LogP contribution in [0.3, 0.4) is 0 Å². The first-order valence-corrected chi connectivity index (χ1v) is 8.14. The molecule has 1 aromatic heterocycles. The van der Waals surface area contributed by atoms with Crippen molar-refractivity contribution >= 4 is 17.2 Å². The van der Waals surface area contributed by atoms with Crippen molar-refractivity contribution in [3.63, 3.8) is 0 Å². The van der Waals surface area contributed by atoms with Crippen LogP contribution < -0.4 is 5.32 Å². The lowest BCUT2D eigenvalue weighted by molar-refractivity contribution is -0.121. The molecule has 112 valence electrons. The highest BCUT2D eigenvalue weighted by molar-refractivity contribution is 7.15. The second-order valence-corrected chi connectivity index (χ2v) is 6.53. The number of rotatable bonds is 5. The van der Waals surface area contributed by atoms with Crippen LogP contribution in [0.4, 0.5) is 0 Å². The highest BCUT2D eigenvalue weighted by Gasteiger charge is 2.14. The summed E-state index contributed by atoms with van der Waals surface area (Å²) < 4.78 is 0. The lowest BCUT2D eigenvalue weighted by Crippen LogP contribution is -2.33. The summed E-state index contributed by atoms with van der Waals surface area (Å²) in [5.74, 6) is 0.0758. The van der Waals surface area contributed by atoms with Gasteiger partial charge in [0.2, 0.25) is 5.91 Å². The van der Waals surface area contributed by atoms with E-state index in [1.165, 1.54) is 5.56 Å². The third-order valence-electron chi connectivity index (χ3n) is 3.50. The lowest BCUT2D eigenvalue weighted by atomic mass is 10.1. The van der Waals surface area contributed by atoms with Crippen molar-refractivity contribution in [3.05, 3.63) is 40.4 Å². The number of carbonyl (C=O) groups is 1. The summed E-state index contributed by atoms with van der Waals surface area (Å²) in [6.45, 7) is 8.14. The molecule has 1 N–H and O–H groups in total. The Hall–Kier alpha value is -1.68. The van der Waals surface area contributed by atoms with Gasteiger partial charge < -0.3 is 5.32 Å². The fourth-order valence-electron chi connectivity index (χ4n) is 2.07. The minimum Gasteiger partial charge on any atom is -0.353 e. The average molecular weight is 302 g/mol. The van der Waals surface area contributed by atoms with Crippen molar-refractivity contribution < 1.29 is 4.79 Å². The molecule has 1 aromatic carbocycles. The maximum Gasteiger partial charge on any atom is 0.225 e. The monoisotopic (exact) mass is 302 g/mol. The van der Waals surface area contributed by atoms with Gasteiger partial charge in [0, 0.05) is 16.5 Å². The molecule has 0 fully saturated rings. The summed E-state index contributed by atoms with van der Waals surface area (Å²) in [6, 6.07) is 8.53. The van der Waals surface area contributed by atoms with Gasteiger partial charge in [-0.05, 0) is 33.3 Å². The second-order valence-electron chi connectivity index (χ2n) is 5.45. The Labute approximate surface area is 130 Å². The molecule has 0 saturated heterocycles. The Morgan fingerprint density at radius 2 is 2.14 bits per heavy atom. The maximum absolute atomic E-state index is 12.0. The molecule has 21 heavy (non-hydrogen) atoms. The molecule has 2 aromatic rings. The van der Waals surface area contributed by atoms with Gasteiger partial charge in [0.1, 0.15) is 5.01 Å². The number of nitrogens with one attached hydrogen (secondary N) is 1. The number of amides is 1. The maximum atomic E-state index is 12.0. The van der Waals surface area contributed by atoms with Crippen LogP contribution >= 0.6 is 11.3 Å². The molecule has 0 spiro atoms. The zero-order chi connectivity index (χ0) is 15.4. The molecule has 1 unspecified atom stereocenters. The number of hydrogen-bond donors (Lipinski definition) is 1. The van der Waals surface area contributed by atoms with Gasteiger partial charge in [-0.1, -0.05) is 30.7 Å². The van der Waals surface area contributed by atoms with E-state index in [9.17, 15) is 4.79 Å². The molecule has 1 atom stereocenters. The van der Waals surface area contributed by atoms with Crippen molar-refractivity contribution in [1.29, 1.82) is 0 Å². The van der Waals surface area contributed by atoms with E-state index in [2.05, 4.69) is 42.3 Å². The van der Waals surface area contributed by atoms with Crippen LogP contribution in [-0.2, 0) is 11.2 Å². The molecule has 1 amide bonds. The van der Waals surface area contributed by atoms with Crippen molar-refractivity contribution in [2.24, 2.45) is 0 Å². The Balaban J connectivity index is 2.14. The van der Waals surface area contributed by atoms with E-state index < -0.39 is 0 Å². The van der Waals surface area contributed by atoms with Crippen LogP contribution in [0.5, 0.6) is 0 Å². The molecule has 0 bridgehead atoms. The Kier molecular flexibility index (Phi) is 5.12. The molecule has 0 aliphatic carbocycles. The van der Waals surface area contributed by atoms with Crippen molar-refractivity contribution in [1.82, 2.24) is 10.3 Å². The van der Waals surface area contributed by atoms with E-state index in [0.717, 1.165) is 27.6 Å². The van der Waals surface area contributed by atoms with E-state index in [1.807, 2.05) is 19.9 Å². The Bertz CT molecular complexity index is 633. The zero-order valence-corrected chi connectivity index (χ0v) is 13.9. The van der Waals surface area contributed by atoms with Crippen LogP contribution in [-0.4, -0.2) is 16.9 Å². The van der Waals surface area contributed by atoms with Crippen molar-refractivity contribution in [2.75, 3.05) is 0 Å². The Morgan fingerprint density at radius 1 is 1.38 bits per heavy atom. The first-order valence-electron chi connectivity index (χ1n) is 7.32. The SMILES string of the molecule is CCC(C)NC(=O)Cc1sc(-c2cccc(C)c2)nc1C. The van der Waals surface area contributed by atoms with Gasteiger partial charge in [-0.2, -0.15) is 0 Å². The van der Waals surface area contributed by atoms with E-state index >= 15 is 0 Å².